The van der Waals surface area contributed by atoms with Crippen LogP contribution < -0.4 is 5.32 Å². The summed E-state index contributed by atoms with van der Waals surface area (Å²) in [5.74, 6) is -0.815. The number of nitrogens with zero attached hydrogens (tertiary/aromatic N) is 1. The lowest BCUT2D eigenvalue weighted by atomic mass is 10.2. The van der Waals surface area contributed by atoms with E-state index in [2.05, 4.69) is 5.32 Å². The van der Waals surface area contributed by atoms with Crippen molar-refractivity contribution in [2.24, 2.45) is 0 Å². The first-order chi connectivity index (χ1) is 7.10. The van der Waals surface area contributed by atoms with E-state index in [-0.39, 0.29) is 12.3 Å². The van der Waals surface area contributed by atoms with E-state index >= 15 is 0 Å². The van der Waals surface area contributed by atoms with Crippen LogP contribution >= 0.6 is 0 Å². The first kappa shape index (κ1) is 13.9. The lowest BCUT2D eigenvalue weighted by Crippen LogP contribution is -2.36. The largest absolute Gasteiger partial charge is 0.481 e. The molecule has 0 heterocycles. The summed E-state index contributed by atoms with van der Waals surface area (Å²) >= 11 is 0. The molecule has 0 aliphatic rings. The van der Waals surface area contributed by atoms with Crippen molar-refractivity contribution in [2.45, 2.75) is 26.2 Å². The van der Waals surface area contributed by atoms with Crippen LogP contribution in [0.4, 0.5) is 0 Å². The molecule has 0 bridgehead atoms. The predicted octanol–water partition coefficient (Wildman–Crippen LogP) is 0.309. The lowest BCUT2D eigenvalue weighted by molar-refractivity contribution is -0.137. The molecular weight excluding hydrogens is 196 g/mol. The van der Waals surface area contributed by atoms with Crippen LogP contribution in [0, 0.1) is 0 Å². The molecule has 0 unspecified atom stereocenters. The molecule has 0 radical (unpaired) electrons. The highest BCUT2D eigenvalue weighted by Crippen LogP contribution is 1.97. The van der Waals surface area contributed by atoms with Crippen LogP contribution in [0.3, 0.4) is 0 Å². The number of carboxylic acid groups (broad SMARTS) is 1. The van der Waals surface area contributed by atoms with Crippen LogP contribution in [0.25, 0.3) is 0 Å². The Labute approximate surface area is 90.5 Å². The van der Waals surface area contributed by atoms with E-state index < -0.39 is 5.97 Å². The Morgan fingerprint density at radius 1 is 1.33 bits per heavy atom. The maximum atomic E-state index is 11.1. The minimum atomic E-state index is -0.786. The van der Waals surface area contributed by atoms with Gasteiger partial charge in [-0.15, -0.1) is 0 Å². The SMILES string of the molecule is CCCN(CCCC(=O)O)CC(=O)NC. The van der Waals surface area contributed by atoms with Crippen LogP contribution in [-0.4, -0.2) is 48.6 Å². The van der Waals surface area contributed by atoms with Crippen molar-refractivity contribution in [3.8, 4) is 0 Å². The highest BCUT2D eigenvalue weighted by Gasteiger charge is 2.08. The molecule has 1 amide bonds. The number of hydrogen-bond acceptors (Lipinski definition) is 3. The number of carboxylic acids is 1. The van der Waals surface area contributed by atoms with Crippen molar-refractivity contribution in [1.82, 2.24) is 10.2 Å². The zero-order valence-electron chi connectivity index (χ0n) is 9.45. The number of hydrogen-bond donors (Lipinski definition) is 2. The molecule has 0 aromatic carbocycles. The van der Waals surface area contributed by atoms with Gasteiger partial charge >= 0.3 is 5.97 Å². The molecule has 0 aromatic rings. The smallest absolute Gasteiger partial charge is 0.303 e. The standard InChI is InChI=1S/C10H20N2O3/c1-3-6-12(8-9(13)11-2)7-4-5-10(14)15/h3-8H2,1-2H3,(H,11,13)(H,14,15). The van der Waals surface area contributed by atoms with Crippen molar-refractivity contribution in [3.63, 3.8) is 0 Å². The summed E-state index contributed by atoms with van der Waals surface area (Å²) in [6, 6.07) is 0. The van der Waals surface area contributed by atoms with Crippen molar-refractivity contribution in [1.29, 1.82) is 0 Å². The first-order valence-corrected chi connectivity index (χ1v) is 5.24. The fraction of sp³-hybridized carbons (Fsp3) is 0.800. The van der Waals surface area contributed by atoms with E-state index in [1.165, 1.54) is 0 Å². The molecule has 0 fully saturated rings. The zero-order valence-corrected chi connectivity index (χ0v) is 9.45. The molecule has 5 heteroatoms. The quantitative estimate of drug-likeness (QED) is 0.612. The van der Waals surface area contributed by atoms with Crippen molar-refractivity contribution in [2.75, 3.05) is 26.7 Å². The van der Waals surface area contributed by atoms with Crippen LogP contribution in [-0.2, 0) is 9.59 Å². The number of aliphatic carboxylic acids is 1. The Kier molecular flexibility index (Phi) is 7.62. The molecule has 2 N–H and O–H groups in total. The monoisotopic (exact) mass is 216 g/mol. The summed E-state index contributed by atoms with van der Waals surface area (Å²) in [6.45, 7) is 3.87. The normalized spacial score (nSPS) is 10.3. The van der Waals surface area contributed by atoms with Crippen molar-refractivity contribution < 1.29 is 14.7 Å². The molecule has 0 rings (SSSR count). The van der Waals surface area contributed by atoms with Gasteiger partial charge in [-0.2, -0.15) is 0 Å². The van der Waals surface area contributed by atoms with Gasteiger partial charge in [-0.3, -0.25) is 14.5 Å². The molecule has 0 atom stereocenters. The summed E-state index contributed by atoms with van der Waals surface area (Å²) in [5, 5.41) is 11.0. The van der Waals surface area contributed by atoms with Gasteiger partial charge in [0.05, 0.1) is 6.54 Å². The van der Waals surface area contributed by atoms with E-state index in [0.29, 0.717) is 19.5 Å². The third-order valence-electron chi connectivity index (χ3n) is 2.05. The average molecular weight is 216 g/mol. The minimum absolute atomic E-state index is 0.0289. The van der Waals surface area contributed by atoms with Crippen LogP contribution in [0.15, 0.2) is 0 Å². The van der Waals surface area contributed by atoms with E-state index in [0.717, 1.165) is 13.0 Å². The Morgan fingerprint density at radius 2 is 2.00 bits per heavy atom. The zero-order chi connectivity index (χ0) is 11.7. The maximum absolute atomic E-state index is 11.1. The first-order valence-electron chi connectivity index (χ1n) is 5.24. The Morgan fingerprint density at radius 3 is 2.47 bits per heavy atom. The number of carbonyl (C=O) groups excluding carboxylic acids is 1. The molecule has 88 valence electrons. The maximum Gasteiger partial charge on any atom is 0.303 e. The second-order valence-electron chi connectivity index (χ2n) is 3.45. The number of carbonyl (C=O) groups is 2. The second kappa shape index (κ2) is 8.23. The number of amides is 1. The summed E-state index contributed by atoms with van der Waals surface area (Å²) in [7, 11) is 1.60. The summed E-state index contributed by atoms with van der Waals surface area (Å²) < 4.78 is 0. The summed E-state index contributed by atoms with van der Waals surface area (Å²) in [6.07, 6.45) is 1.71. The van der Waals surface area contributed by atoms with Crippen molar-refractivity contribution >= 4 is 11.9 Å². The van der Waals surface area contributed by atoms with E-state index in [9.17, 15) is 9.59 Å². The molecule has 0 saturated carbocycles. The van der Waals surface area contributed by atoms with Crippen molar-refractivity contribution in [3.05, 3.63) is 0 Å². The fourth-order valence-electron chi connectivity index (χ4n) is 1.32. The Bertz CT molecular complexity index is 207. The van der Waals surface area contributed by atoms with Gasteiger partial charge in [0.2, 0.25) is 5.91 Å². The highest BCUT2D eigenvalue weighted by molar-refractivity contribution is 5.77. The van der Waals surface area contributed by atoms with Gasteiger partial charge in [0.1, 0.15) is 0 Å². The number of nitrogens with one attached hydrogen (secondary N) is 1. The lowest BCUT2D eigenvalue weighted by Gasteiger charge is -2.19. The Hall–Kier alpha value is -1.10. The van der Waals surface area contributed by atoms with Crippen LogP contribution in [0.1, 0.15) is 26.2 Å². The molecule has 0 aliphatic heterocycles. The van der Waals surface area contributed by atoms with E-state index in [1.807, 2.05) is 11.8 Å². The Balaban J connectivity index is 3.82. The second-order valence-corrected chi connectivity index (χ2v) is 3.45. The van der Waals surface area contributed by atoms with E-state index in [4.69, 9.17) is 5.11 Å². The van der Waals surface area contributed by atoms with E-state index in [1.54, 1.807) is 7.05 Å². The summed E-state index contributed by atoms with van der Waals surface area (Å²) in [4.78, 5) is 23.4. The van der Waals surface area contributed by atoms with Gasteiger partial charge in [0.15, 0.2) is 0 Å². The summed E-state index contributed by atoms with van der Waals surface area (Å²) in [5.41, 5.74) is 0. The van der Waals surface area contributed by atoms with Gasteiger partial charge in [0.25, 0.3) is 0 Å². The molecule has 0 aliphatic carbocycles. The number of likely N-dealkylation sites (N-methyl/N-ethyl adjacent to an activating group) is 1. The third kappa shape index (κ3) is 7.93. The van der Waals surface area contributed by atoms with Gasteiger partial charge in [-0.1, -0.05) is 6.92 Å². The molecular formula is C10H20N2O3. The molecule has 5 nitrogen and oxygen atoms in total. The van der Waals surface area contributed by atoms with Gasteiger partial charge < -0.3 is 10.4 Å². The highest BCUT2D eigenvalue weighted by atomic mass is 16.4. The minimum Gasteiger partial charge on any atom is -0.481 e. The van der Waals surface area contributed by atoms with Gasteiger partial charge in [-0.25, -0.2) is 0 Å². The average Bonchev–Trinajstić information content (AvgIpc) is 2.17. The van der Waals surface area contributed by atoms with Gasteiger partial charge in [-0.05, 0) is 25.9 Å². The third-order valence-corrected chi connectivity index (χ3v) is 2.05. The molecule has 15 heavy (non-hydrogen) atoms. The van der Waals surface area contributed by atoms with Crippen LogP contribution in [0.2, 0.25) is 0 Å². The molecule has 0 spiro atoms. The topological polar surface area (TPSA) is 69.6 Å². The molecule has 0 saturated heterocycles. The fourth-order valence-corrected chi connectivity index (χ4v) is 1.32. The van der Waals surface area contributed by atoms with Crippen LogP contribution in [0.5, 0.6) is 0 Å². The number of rotatable bonds is 8. The molecule has 0 aromatic heterocycles. The predicted molar refractivity (Wildman–Crippen MR) is 57.7 cm³/mol. The van der Waals surface area contributed by atoms with Gasteiger partial charge in [0, 0.05) is 13.5 Å².